The molecule has 0 saturated heterocycles. The van der Waals surface area contributed by atoms with E-state index in [2.05, 4.69) is 53.0 Å². The SMILES string of the molecule is CC1/C=C\C=C/CN/C=C\1CCC(=O)Nc1cccc(CN(C)C)c1. The first-order valence-corrected chi connectivity index (χ1v) is 8.84. The number of carbonyl (C=O) groups excluding carboxylic acids is 1. The number of hydrogen-bond donors (Lipinski definition) is 2. The van der Waals surface area contributed by atoms with E-state index in [4.69, 9.17) is 0 Å². The average molecular weight is 339 g/mol. The molecule has 1 aliphatic rings. The van der Waals surface area contributed by atoms with Crippen molar-refractivity contribution in [2.75, 3.05) is 26.0 Å². The summed E-state index contributed by atoms with van der Waals surface area (Å²) in [6.45, 7) is 3.83. The Kier molecular flexibility index (Phi) is 7.48. The third-order valence-corrected chi connectivity index (χ3v) is 4.11. The lowest BCUT2D eigenvalue weighted by Gasteiger charge is -2.14. The molecule has 1 aromatic carbocycles. The number of carbonyl (C=O) groups is 1. The summed E-state index contributed by atoms with van der Waals surface area (Å²) in [6.07, 6.45) is 11.7. The van der Waals surface area contributed by atoms with Gasteiger partial charge in [0.15, 0.2) is 0 Å². The van der Waals surface area contributed by atoms with Crippen LogP contribution in [0, 0.1) is 5.92 Å². The van der Waals surface area contributed by atoms with Gasteiger partial charge in [-0.1, -0.05) is 43.4 Å². The van der Waals surface area contributed by atoms with Crippen molar-refractivity contribution in [3.63, 3.8) is 0 Å². The summed E-state index contributed by atoms with van der Waals surface area (Å²) < 4.78 is 0. The number of nitrogens with one attached hydrogen (secondary N) is 2. The van der Waals surface area contributed by atoms with Crippen LogP contribution >= 0.6 is 0 Å². The van der Waals surface area contributed by atoms with Gasteiger partial charge in [-0.2, -0.15) is 0 Å². The summed E-state index contributed by atoms with van der Waals surface area (Å²) in [5.41, 5.74) is 3.30. The topological polar surface area (TPSA) is 44.4 Å². The van der Waals surface area contributed by atoms with Crippen LogP contribution in [0.2, 0.25) is 0 Å². The Hall–Kier alpha value is -2.33. The first-order chi connectivity index (χ1) is 12.0. The molecule has 1 unspecified atom stereocenters. The lowest BCUT2D eigenvalue weighted by atomic mass is 9.97. The van der Waals surface area contributed by atoms with Crippen LogP contribution in [0.15, 0.2) is 60.3 Å². The second-order valence-electron chi connectivity index (χ2n) is 6.72. The summed E-state index contributed by atoms with van der Waals surface area (Å²) in [5.74, 6) is 0.378. The van der Waals surface area contributed by atoms with Crippen molar-refractivity contribution in [3.8, 4) is 0 Å². The largest absolute Gasteiger partial charge is 0.387 e. The monoisotopic (exact) mass is 339 g/mol. The number of amides is 1. The van der Waals surface area contributed by atoms with Crippen molar-refractivity contribution >= 4 is 11.6 Å². The van der Waals surface area contributed by atoms with Gasteiger partial charge in [-0.05, 0) is 55.9 Å². The van der Waals surface area contributed by atoms with Gasteiger partial charge in [0.1, 0.15) is 0 Å². The highest BCUT2D eigenvalue weighted by molar-refractivity contribution is 5.90. The van der Waals surface area contributed by atoms with Gasteiger partial charge in [0.05, 0.1) is 0 Å². The Bertz CT molecular complexity index is 659. The first kappa shape index (κ1) is 19.0. The molecule has 4 heteroatoms. The molecule has 2 N–H and O–H groups in total. The van der Waals surface area contributed by atoms with Crippen LogP contribution in [0.25, 0.3) is 0 Å². The minimum atomic E-state index is 0.0529. The molecule has 0 bridgehead atoms. The van der Waals surface area contributed by atoms with Gasteiger partial charge in [0.25, 0.3) is 0 Å². The Balaban J connectivity index is 1.89. The quantitative estimate of drug-likeness (QED) is 0.830. The minimum absolute atomic E-state index is 0.0529. The Morgan fingerprint density at radius 3 is 2.96 bits per heavy atom. The molecule has 0 saturated carbocycles. The van der Waals surface area contributed by atoms with Gasteiger partial charge in [-0.25, -0.2) is 0 Å². The number of rotatable bonds is 6. The fourth-order valence-corrected chi connectivity index (χ4v) is 2.78. The summed E-state index contributed by atoms with van der Waals surface area (Å²) in [6, 6.07) is 8.04. The van der Waals surface area contributed by atoms with Gasteiger partial charge in [-0.3, -0.25) is 4.79 Å². The van der Waals surface area contributed by atoms with E-state index >= 15 is 0 Å². The summed E-state index contributed by atoms with van der Waals surface area (Å²) in [7, 11) is 4.07. The van der Waals surface area contributed by atoms with Gasteiger partial charge >= 0.3 is 0 Å². The van der Waals surface area contributed by atoms with E-state index in [9.17, 15) is 4.79 Å². The molecule has 1 aromatic rings. The molecule has 0 spiro atoms. The molecule has 4 nitrogen and oxygen atoms in total. The van der Waals surface area contributed by atoms with Gasteiger partial charge < -0.3 is 15.5 Å². The molecule has 1 aliphatic heterocycles. The molecule has 1 atom stereocenters. The highest BCUT2D eigenvalue weighted by Gasteiger charge is 2.10. The first-order valence-electron chi connectivity index (χ1n) is 8.84. The molecular weight excluding hydrogens is 310 g/mol. The minimum Gasteiger partial charge on any atom is -0.387 e. The van der Waals surface area contributed by atoms with Gasteiger partial charge in [0, 0.05) is 25.2 Å². The molecule has 1 amide bonds. The highest BCUT2D eigenvalue weighted by Crippen LogP contribution is 2.19. The second kappa shape index (κ2) is 9.84. The van der Waals surface area contributed by atoms with Crippen molar-refractivity contribution < 1.29 is 4.79 Å². The van der Waals surface area contributed by atoms with Crippen LogP contribution in [-0.2, 0) is 11.3 Å². The van der Waals surface area contributed by atoms with Crippen LogP contribution in [0.1, 0.15) is 25.3 Å². The molecule has 1 heterocycles. The zero-order valence-corrected chi connectivity index (χ0v) is 15.5. The van der Waals surface area contributed by atoms with Crippen LogP contribution in [0.4, 0.5) is 5.69 Å². The Morgan fingerprint density at radius 2 is 2.16 bits per heavy atom. The number of anilines is 1. The van der Waals surface area contributed by atoms with Gasteiger partial charge in [0.2, 0.25) is 5.91 Å². The van der Waals surface area contributed by atoms with E-state index in [1.165, 1.54) is 11.1 Å². The standard InChI is InChI=1S/C21H29N3O/c1-17-8-5-4-6-13-22-15-19(17)11-12-21(25)23-20-10-7-9-18(14-20)16-24(2)3/h4-10,14-15,17,22H,11-13,16H2,1-3H3,(H,23,25)/b6-4-,8-5-,19-15-. The molecule has 2 rings (SSSR count). The van der Waals surface area contributed by atoms with E-state index in [-0.39, 0.29) is 5.91 Å². The second-order valence-corrected chi connectivity index (χ2v) is 6.72. The van der Waals surface area contributed by atoms with Crippen LogP contribution in [-0.4, -0.2) is 31.4 Å². The van der Waals surface area contributed by atoms with Gasteiger partial charge in [-0.15, -0.1) is 0 Å². The van der Waals surface area contributed by atoms with E-state index < -0.39 is 0 Å². The predicted octanol–water partition coefficient (Wildman–Crippen LogP) is 3.70. The van der Waals surface area contributed by atoms with E-state index in [0.29, 0.717) is 12.3 Å². The van der Waals surface area contributed by atoms with E-state index in [1.807, 2.05) is 38.4 Å². The number of nitrogens with zero attached hydrogens (tertiary/aromatic N) is 1. The maximum Gasteiger partial charge on any atom is 0.224 e. The maximum absolute atomic E-state index is 12.3. The fraction of sp³-hybridized carbons (Fsp3) is 0.381. The van der Waals surface area contributed by atoms with Crippen molar-refractivity contribution in [2.45, 2.75) is 26.3 Å². The van der Waals surface area contributed by atoms with Crippen molar-refractivity contribution in [1.29, 1.82) is 0 Å². The number of benzene rings is 1. The average Bonchev–Trinajstić information content (AvgIpc) is 2.65. The molecule has 25 heavy (non-hydrogen) atoms. The van der Waals surface area contributed by atoms with Crippen LogP contribution in [0.3, 0.4) is 0 Å². The van der Waals surface area contributed by atoms with Crippen LogP contribution < -0.4 is 10.6 Å². The number of allylic oxidation sites excluding steroid dienone is 4. The van der Waals surface area contributed by atoms with Crippen molar-refractivity contribution in [3.05, 3.63) is 65.9 Å². The van der Waals surface area contributed by atoms with Crippen LogP contribution in [0.5, 0.6) is 0 Å². The van der Waals surface area contributed by atoms with Crippen molar-refractivity contribution in [1.82, 2.24) is 10.2 Å². The molecule has 0 aromatic heterocycles. The van der Waals surface area contributed by atoms with E-state index in [1.54, 1.807) is 0 Å². The normalized spacial score (nSPS) is 21.9. The summed E-state index contributed by atoms with van der Waals surface area (Å²) in [5, 5.41) is 6.30. The molecule has 0 aliphatic carbocycles. The molecule has 0 fully saturated rings. The maximum atomic E-state index is 12.3. The summed E-state index contributed by atoms with van der Waals surface area (Å²) in [4.78, 5) is 14.4. The van der Waals surface area contributed by atoms with E-state index in [0.717, 1.165) is 25.2 Å². The number of hydrogen-bond acceptors (Lipinski definition) is 3. The fourth-order valence-electron chi connectivity index (χ4n) is 2.78. The Labute approximate surface area is 151 Å². The third-order valence-electron chi connectivity index (χ3n) is 4.11. The predicted molar refractivity (Wildman–Crippen MR) is 105 cm³/mol. The molecule has 134 valence electrons. The Morgan fingerprint density at radius 1 is 1.32 bits per heavy atom. The lowest BCUT2D eigenvalue weighted by Crippen LogP contribution is -2.14. The molecule has 0 radical (unpaired) electrons. The lowest BCUT2D eigenvalue weighted by molar-refractivity contribution is -0.116. The zero-order valence-electron chi connectivity index (χ0n) is 15.5. The molecular formula is C21H29N3O. The zero-order chi connectivity index (χ0) is 18.1. The summed E-state index contributed by atoms with van der Waals surface area (Å²) >= 11 is 0. The third kappa shape index (κ3) is 6.98. The highest BCUT2D eigenvalue weighted by atomic mass is 16.1. The van der Waals surface area contributed by atoms with Crippen molar-refractivity contribution in [2.24, 2.45) is 5.92 Å². The smallest absolute Gasteiger partial charge is 0.224 e.